The van der Waals surface area contributed by atoms with Gasteiger partial charge < -0.3 is 16.2 Å². The number of piperidine rings is 1. The van der Waals surface area contributed by atoms with Crippen molar-refractivity contribution in [2.45, 2.75) is 42.7 Å². The van der Waals surface area contributed by atoms with Crippen LogP contribution in [0.2, 0.25) is 0 Å². The number of fused-ring (bicyclic) bond motifs is 1. The molecule has 1 unspecified atom stereocenters. The molecule has 3 aromatic rings. The highest BCUT2D eigenvalue weighted by atomic mass is 35.5. The van der Waals surface area contributed by atoms with Crippen LogP contribution in [0.4, 0.5) is 0 Å². The third kappa shape index (κ3) is 7.88. The first-order valence-electron chi connectivity index (χ1n) is 12.8. The third-order valence-corrected chi connectivity index (χ3v) is 8.21. The van der Waals surface area contributed by atoms with Gasteiger partial charge in [0.1, 0.15) is 18.4 Å². The second kappa shape index (κ2) is 13.7. The summed E-state index contributed by atoms with van der Waals surface area (Å²) in [5.74, 6) is -3.34. The Kier molecular flexibility index (Phi) is 10.6. The lowest BCUT2D eigenvalue weighted by atomic mass is 10.0. The van der Waals surface area contributed by atoms with E-state index in [1.54, 1.807) is 42.5 Å². The van der Waals surface area contributed by atoms with Crippen LogP contribution in [0.3, 0.4) is 0 Å². The molecule has 1 fully saturated rings. The highest BCUT2D eigenvalue weighted by Crippen LogP contribution is 2.21. The smallest absolute Gasteiger partial charge is 0.323 e. The third-order valence-electron chi connectivity index (χ3n) is 6.74. The number of nitrogens with two attached hydrogens (primary N) is 1. The number of benzene rings is 3. The zero-order valence-electron chi connectivity index (χ0n) is 22.1. The van der Waals surface area contributed by atoms with Gasteiger partial charge in [-0.2, -0.15) is 4.72 Å². The molecule has 1 heterocycles. The van der Waals surface area contributed by atoms with E-state index in [9.17, 15) is 27.9 Å². The fourth-order valence-corrected chi connectivity index (χ4v) is 5.93. The molecule has 0 bridgehead atoms. The predicted molar refractivity (Wildman–Crippen MR) is 156 cm³/mol. The maximum absolute atomic E-state index is 13.8. The number of halogens is 1. The molecule has 6 N–H and O–H groups in total. The van der Waals surface area contributed by atoms with Gasteiger partial charge in [-0.3, -0.25) is 24.7 Å². The number of hydrogen-bond donors (Lipinski definition) is 5. The standard InChI is InChI=1S/C28H31N5O6S.ClH/c29-26(30)21-9-5-6-18(14-21)15-24(28(37)33(17-25(34)35)27(36)23-10-3-4-13-31-23)32-40(38,39)22-12-11-19-7-1-2-8-20(19)16-22;/h1-2,5-9,11-12,14,16,23-24,31-32H,3-4,10,13,15,17H2,(H3,29,30)(H,34,35);1H/t23?,24-;/m0./s1. The van der Waals surface area contributed by atoms with Crippen LogP contribution in [0.25, 0.3) is 10.8 Å². The fraction of sp³-hybridized carbons (Fsp3) is 0.286. The lowest BCUT2D eigenvalue weighted by Crippen LogP contribution is -2.57. The van der Waals surface area contributed by atoms with Crippen LogP contribution in [-0.2, 0) is 30.8 Å². The summed E-state index contributed by atoms with van der Waals surface area (Å²) in [6, 6.07) is 15.8. The number of rotatable bonds is 10. The van der Waals surface area contributed by atoms with Crippen molar-refractivity contribution in [3.8, 4) is 0 Å². The quantitative estimate of drug-likeness (QED) is 0.173. The van der Waals surface area contributed by atoms with Crippen molar-refractivity contribution < 1.29 is 27.9 Å². The van der Waals surface area contributed by atoms with E-state index in [1.165, 1.54) is 12.1 Å². The van der Waals surface area contributed by atoms with Crippen LogP contribution in [0.1, 0.15) is 30.4 Å². The monoisotopic (exact) mass is 601 g/mol. The molecular weight excluding hydrogens is 570 g/mol. The van der Waals surface area contributed by atoms with Crippen LogP contribution in [0, 0.1) is 5.41 Å². The zero-order chi connectivity index (χ0) is 28.9. The minimum atomic E-state index is -4.29. The van der Waals surface area contributed by atoms with Gasteiger partial charge >= 0.3 is 5.97 Å². The van der Waals surface area contributed by atoms with Crippen LogP contribution < -0.4 is 15.8 Å². The number of aliphatic carboxylic acids is 1. The molecule has 0 aliphatic carbocycles. The highest BCUT2D eigenvalue weighted by Gasteiger charge is 2.37. The first-order chi connectivity index (χ1) is 19.0. The van der Waals surface area contributed by atoms with Crippen molar-refractivity contribution in [1.82, 2.24) is 14.9 Å². The number of amides is 2. The average molecular weight is 602 g/mol. The van der Waals surface area contributed by atoms with E-state index >= 15 is 0 Å². The maximum atomic E-state index is 13.8. The number of amidine groups is 1. The summed E-state index contributed by atoms with van der Waals surface area (Å²) < 4.78 is 29.5. The van der Waals surface area contributed by atoms with E-state index in [4.69, 9.17) is 11.1 Å². The summed E-state index contributed by atoms with van der Waals surface area (Å²) >= 11 is 0. The Bertz CT molecular complexity index is 1560. The van der Waals surface area contributed by atoms with E-state index in [-0.39, 0.29) is 29.6 Å². The number of carboxylic acid groups (broad SMARTS) is 1. The van der Waals surface area contributed by atoms with E-state index < -0.39 is 46.4 Å². The van der Waals surface area contributed by atoms with Gasteiger partial charge in [0.25, 0.3) is 0 Å². The van der Waals surface area contributed by atoms with E-state index in [0.717, 1.165) is 18.2 Å². The molecule has 0 saturated carbocycles. The van der Waals surface area contributed by atoms with Crippen LogP contribution in [-0.4, -0.2) is 67.2 Å². The topological polar surface area (TPSA) is 183 Å². The maximum Gasteiger partial charge on any atom is 0.323 e. The van der Waals surface area contributed by atoms with E-state index in [1.807, 2.05) is 12.1 Å². The van der Waals surface area contributed by atoms with Gasteiger partial charge in [-0.05, 0) is 60.3 Å². The van der Waals surface area contributed by atoms with Crippen LogP contribution >= 0.6 is 12.4 Å². The summed E-state index contributed by atoms with van der Waals surface area (Å²) in [7, 11) is -4.29. The number of carboxylic acids is 1. The van der Waals surface area contributed by atoms with Crippen molar-refractivity contribution in [2.75, 3.05) is 13.1 Å². The number of carbonyl (C=O) groups excluding carboxylic acids is 2. The molecule has 41 heavy (non-hydrogen) atoms. The molecule has 2 atom stereocenters. The Morgan fingerprint density at radius 2 is 1.78 bits per heavy atom. The first kappa shape index (κ1) is 31.7. The van der Waals surface area contributed by atoms with E-state index in [2.05, 4.69) is 10.0 Å². The number of nitrogens with zero attached hydrogens (tertiary/aromatic N) is 1. The Labute approximate surface area is 244 Å². The minimum Gasteiger partial charge on any atom is -0.480 e. The second-order valence-corrected chi connectivity index (χ2v) is 11.4. The van der Waals surface area contributed by atoms with Crippen molar-refractivity contribution >= 4 is 56.8 Å². The van der Waals surface area contributed by atoms with Gasteiger partial charge in [0.05, 0.1) is 10.9 Å². The van der Waals surface area contributed by atoms with Crippen LogP contribution in [0.5, 0.6) is 0 Å². The van der Waals surface area contributed by atoms with E-state index in [0.29, 0.717) is 34.4 Å². The molecule has 11 nitrogen and oxygen atoms in total. The number of carbonyl (C=O) groups is 3. The number of imide groups is 1. The predicted octanol–water partition coefficient (Wildman–Crippen LogP) is 2.02. The average Bonchev–Trinajstić information content (AvgIpc) is 2.95. The molecule has 4 rings (SSSR count). The molecule has 1 saturated heterocycles. The fourth-order valence-electron chi connectivity index (χ4n) is 4.71. The van der Waals surface area contributed by atoms with Gasteiger partial charge in [0.15, 0.2) is 0 Å². The number of nitrogens with one attached hydrogen (secondary N) is 3. The summed E-state index contributed by atoms with van der Waals surface area (Å²) in [5, 5.41) is 21.7. The SMILES string of the molecule is Cl.N=C(N)c1cccc(C[C@H](NS(=O)(=O)c2ccc3ccccc3c2)C(=O)N(CC(=O)O)C(=O)C2CCCCN2)c1. The number of sulfonamides is 1. The van der Waals surface area contributed by atoms with Gasteiger partial charge in [-0.1, -0.05) is 55.0 Å². The minimum absolute atomic E-state index is 0. The molecule has 1 aliphatic heterocycles. The molecule has 0 aromatic heterocycles. The lowest BCUT2D eigenvalue weighted by Gasteiger charge is -2.30. The van der Waals surface area contributed by atoms with Crippen LogP contribution in [0.15, 0.2) is 71.6 Å². The molecule has 0 spiro atoms. The summed E-state index contributed by atoms with van der Waals surface area (Å²) in [6.45, 7) is -0.376. The lowest BCUT2D eigenvalue weighted by molar-refractivity contribution is -0.154. The molecule has 3 aromatic carbocycles. The molecule has 13 heteroatoms. The second-order valence-electron chi connectivity index (χ2n) is 9.66. The van der Waals surface area contributed by atoms with Crippen molar-refractivity contribution in [3.05, 3.63) is 77.9 Å². The summed E-state index contributed by atoms with van der Waals surface area (Å²) in [6.07, 6.45) is 1.79. The normalized spacial score (nSPS) is 15.9. The summed E-state index contributed by atoms with van der Waals surface area (Å²) in [4.78, 5) is 39.3. The Balaban J connectivity index is 0.00000462. The van der Waals surface area contributed by atoms with Gasteiger partial charge in [-0.15, -0.1) is 12.4 Å². The first-order valence-corrected chi connectivity index (χ1v) is 14.3. The Morgan fingerprint density at radius 1 is 1.05 bits per heavy atom. The van der Waals surface area contributed by atoms with Crippen molar-refractivity contribution in [3.63, 3.8) is 0 Å². The van der Waals surface area contributed by atoms with Gasteiger partial charge in [0, 0.05) is 5.56 Å². The highest BCUT2D eigenvalue weighted by molar-refractivity contribution is 7.89. The molecule has 1 aliphatic rings. The number of hydrogen-bond acceptors (Lipinski definition) is 7. The molecule has 2 amide bonds. The Morgan fingerprint density at radius 3 is 2.44 bits per heavy atom. The van der Waals surface area contributed by atoms with Gasteiger partial charge in [-0.25, -0.2) is 8.42 Å². The molecule has 218 valence electrons. The van der Waals surface area contributed by atoms with Crippen molar-refractivity contribution in [2.24, 2.45) is 5.73 Å². The zero-order valence-corrected chi connectivity index (χ0v) is 23.7. The largest absolute Gasteiger partial charge is 0.480 e. The number of nitrogen functional groups attached to an aromatic ring is 1. The Hall–Kier alpha value is -3.84. The van der Waals surface area contributed by atoms with Crippen molar-refractivity contribution in [1.29, 1.82) is 5.41 Å². The molecule has 0 radical (unpaired) electrons. The molecular formula is C28H32ClN5O6S. The van der Waals surface area contributed by atoms with Gasteiger partial charge in [0.2, 0.25) is 21.8 Å². The summed E-state index contributed by atoms with van der Waals surface area (Å²) in [5.41, 5.74) is 6.43.